The van der Waals surface area contributed by atoms with Gasteiger partial charge in [-0.05, 0) is 47.9 Å². The van der Waals surface area contributed by atoms with Crippen LogP contribution >= 0.6 is 11.6 Å². The van der Waals surface area contributed by atoms with Gasteiger partial charge in [0.2, 0.25) is 0 Å². The van der Waals surface area contributed by atoms with Crippen LogP contribution in [0.1, 0.15) is 21.5 Å². The third-order valence-electron chi connectivity index (χ3n) is 5.24. The Morgan fingerprint density at radius 3 is 2.68 bits per heavy atom. The zero-order valence-electron chi connectivity index (χ0n) is 15.8. The topological polar surface area (TPSA) is 60.2 Å². The summed E-state index contributed by atoms with van der Waals surface area (Å²) in [6, 6.07) is 13.7. The Bertz CT molecular complexity index is 945. The fourth-order valence-corrected chi connectivity index (χ4v) is 3.83. The van der Waals surface area contributed by atoms with E-state index in [9.17, 15) is 4.79 Å². The van der Waals surface area contributed by atoms with Gasteiger partial charge in [-0.15, -0.1) is 0 Å². The van der Waals surface area contributed by atoms with Gasteiger partial charge in [0.15, 0.2) is 0 Å². The molecule has 0 radical (unpaired) electrons. The van der Waals surface area contributed by atoms with Crippen molar-refractivity contribution in [3.63, 3.8) is 0 Å². The number of nitrogens with zero attached hydrogens (tertiary/aromatic N) is 1. The summed E-state index contributed by atoms with van der Waals surface area (Å²) in [6.45, 7) is 5.75. The van der Waals surface area contributed by atoms with Crippen LogP contribution in [0.3, 0.4) is 0 Å². The Labute approximate surface area is 170 Å². The number of hydrogen-bond donors (Lipinski definition) is 3. The third kappa shape index (κ3) is 4.55. The smallest absolute Gasteiger partial charge is 0.251 e. The molecule has 6 heteroatoms. The number of benzene rings is 2. The Kier molecular flexibility index (Phi) is 5.95. The normalized spacial score (nSPS) is 15.0. The van der Waals surface area contributed by atoms with E-state index in [-0.39, 0.29) is 5.91 Å². The van der Waals surface area contributed by atoms with Gasteiger partial charge >= 0.3 is 0 Å². The van der Waals surface area contributed by atoms with Crippen LogP contribution in [0, 0.1) is 0 Å². The lowest BCUT2D eigenvalue weighted by atomic mass is 10.1. The van der Waals surface area contributed by atoms with Gasteiger partial charge in [-0.1, -0.05) is 23.7 Å². The molecule has 1 aliphatic rings. The molecule has 3 aromatic rings. The average molecular weight is 397 g/mol. The summed E-state index contributed by atoms with van der Waals surface area (Å²) in [7, 11) is 0. The summed E-state index contributed by atoms with van der Waals surface area (Å²) in [4.78, 5) is 18.1. The predicted molar refractivity (Wildman–Crippen MR) is 114 cm³/mol. The SMILES string of the molecule is O=C(NCCc1c[nH]c2ccc(Cl)cc12)c1ccc(CN2CCNCC2)cc1. The summed E-state index contributed by atoms with van der Waals surface area (Å²) in [6.07, 6.45) is 2.74. The number of aromatic amines is 1. The highest BCUT2D eigenvalue weighted by atomic mass is 35.5. The van der Waals surface area contributed by atoms with Crippen LogP contribution in [-0.4, -0.2) is 48.5 Å². The molecule has 0 atom stereocenters. The second-order valence-electron chi connectivity index (χ2n) is 7.23. The highest BCUT2D eigenvalue weighted by Gasteiger charge is 2.11. The number of H-pyrrole nitrogens is 1. The molecule has 0 spiro atoms. The van der Waals surface area contributed by atoms with Gasteiger partial charge in [-0.3, -0.25) is 9.69 Å². The van der Waals surface area contributed by atoms with E-state index in [4.69, 9.17) is 11.6 Å². The van der Waals surface area contributed by atoms with Crippen LogP contribution in [0.4, 0.5) is 0 Å². The minimum atomic E-state index is -0.0356. The van der Waals surface area contributed by atoms with E-state index in [0.717, 1.165) is 60.6 Å². The monoisotopic (exact) mass is 396 g/mol. The lowest BCUT2D eigenvalue weighted by Gasteiger charge is -2.27. The minimum absolute atomic E-state index is 0.0356. The summed E-state index contributed by atoms with van der Waals surface area (Å²) in [5.74, 6) is -0.0356. The maximum atomic E-state index is 12.4. The van der Waals surface area contributed by atoms with Crippen molar-refractivity contribution in [1.82, 2.24) is 20.5 Å². The number of rotatable bonds is 6. The van der Waals surface area contributed by atoms with E-state index in [1.54, 1.807) is 0 Å². The van der Waals surface area contributed by atoms with Gasteiger partial charge in [0.25, 0.3) is 5.91 Å². The molecule has 1 amide bonds. The largest absolute Gasteiger partial charge is 0.361 e. The summed E-state index contributed by atoms with van der Waals surface area (Å²) < 4.78 is 0. The van der Waals surface area contributed by atoms with E-state index in [1.165, 1.54) is 5.56 Å². The zero-order chi connectivity index (χ0) is 19.3. The van der Waals surface area contributed by atoms with E-state index in [2.05, 4.69) is 32.7 Å². The second-order valence-corrected chi connectivity index (χ2v) is 7.67. The van der Waals surface area contributed by atoms with E-state index in [1.807, 2.05) is 36.5 Å². The Morgan fingerprint density at radius 1 is 1.11 bits per heavy atom. The molecule has 28 heavy (non-hydrogen) atoms. The number of piperazine rings is 1. The van der Waals surface area contributed by atoms with Gasteiger partial charge in [0, 0.05) is 67.0 Å². The van der Waals surface area contributed by atoms with Crippen molar-refractivity contribution < 1.29 is 4.79 Å². The van der Waals surface area contributed by atoms with E-state index in [0.29, 0.717) is 12.1 Å². The highest BCUT2D eigenvalue weighted by molar-refractivity contribution is 6.31. The number of carbonyl (C=O) groups excluding carboxylic acids is 1. The number of fused-ring (bicyclic) bond motifs is 1. The van der Waals surface area contributed by atoms with Crippen LogP contribution in [0.15, 0.2) is 48.7 Å². The van der Waals surface area contributed by atoms with Crippen LogP contribution in [0.2, 0.25) is 5.02 Å². The van der Waals surface area contributed by atoms with Crippen molar-refractivity contribution in [2.24, 2.45) is 0 Å². The quantitative estimate of drug-likeness (QED) is 0.599. The molecular formula is C22H25ClN4O. The fraction of sp³-hybridized carbons (Fsp3) is 0.318. The molecule has 1 aromatic heterocycles. The Morgan fingerprint density at radius 2 is 1.89 bits per heavy atom. The van der Waals surface area contributed by atoms with Crippen molar-refractivity contribution in [2.75, 3.05) is 32.7 Å². The lowest BCUT2D eigenvalue weighted by Crippen LogP contribution is -2.42. The maximum absolute atomic E-state index is 12.4. The summed E-state index contributed by atoms with van der Waals surface area (Å²) in [5, 5.41) is 8.21. The molecule has 0 bridgehead atoms. The van der Waals surface area contributed by atoms with Crippen LogP contribution in [0.25, 0.3) is 10.9 Å². The predicted octanol–water partition coefficient (Wildman–Crippen LogP) is 3.20. The van der Waals surface area contributed by atoms with E-state index < -0.39 is 0 Å². The maximum Gasteiger partial charge on any atom is 0.251 e. The van der Waals surface area contributed by atoms with Crippen molar-refractivity contribution in [3.05, 3.63) is 70.4 Å². The van der Waals surface area contributed by atoms with Crippen molar-refractivity contribution in [1.29, 1.82) is 0 Å². The first-order chi connectivity index (χ1) is 13.7. The van der Waals surface area contributed by atoms with Gasteiger partial charge in [-0.2, -0.15) is 0 Å². The molecule has 146 valence electrons. The van der Waals surface area contributed by atoms with Crippen molar-refractivity contribution in [3.8, 4) is 0 Å². The molecule has 5 nitrogen and oxygen atoms in total. The molecule has 4 rings (SSSR count). The molecule has 3 N–H and O–H groups in total. The third-order valence-corrected chi connectivity index (χ3v) is 5.48. The molecule has 1 saturated heterocycles. The Hall–Kier alpha value is -2.34. The first-order valence-corrected chi connectivity index (χ1v) is 10.1. The minimum Gasteiger partial charge on any atom is -0.361 e. The van der Waals surface area contributed by atoms with Gasteiger partial charge < -0.3 is 15.6 Å². The molecule has 0 unspecified atom stereocenters. The van der Waals surface area contributed by atoms with Crippen molar-refractivity contribution >= 4 is 28.4 Å². The number of hydrogen-bond acceptors (Lipinski definition) is 3. The summed E-state index contributed by atoms with van der Waals surface area (Å²) >= 11 is 6.10. The standard InChI is InChI=1S/C22H25ClN4O/c23-19-5-6-21-20(13-19)18(14-26-21)7-8-25-22(28)17-3-1-16(2-4-17)15-27-11-9-24-10-12-27/h1-6,13-14,24,26H,7-12,15H2,(H,25,28). The zero-order valence-corrected chi connectivity index (χ0v) is 16.6. The van der Waals surface area contributed by atoms with Crippen molar-refractivity contribution in [2.45, 2.75) is 13.0 Å². The first kappa shape index (κ1) is 19.0. The number of carbonyl (C=O) groups is 1. The molecule has 2 aromatic carbocycles. The second kappa shape index (κ2) is 8.78. The van der Waals surface area contributed by atoms with Gasteiger partial charge in [0.1, 0.15) is 0 Å². The Balaban J connectivity index is 1.30. The number of aromatic nitrogens is 1. The summed E-state index contributed by atoms with van der Waals surface area (Å²) in [5.41, 5.74) is 4.16. The van der Waals surface area contributed by atoms with Crippen LogP contribution in [-0.2, 0) is 13.0 Å². The number of halogens is 1. The molecule has 1 aliphatic heterocycles. The number of amides is 1. The van der Waals surface area contributed by atoms with Gasteiger partial charge in [-0.25, -0.2) is 0 Å². The first-order valence-electron chi connectivity index (χ1n) is 9.75. The lowest BCUT2D eigenvalue weighted by molar-refractivity contribution is 0.0954. The molecular weight excluding hydrogens is 372 g/mol. The van der Waals surface area contributed by atoms with Crippen LogP contribution < -0.4 is 10.6 Å². The van der Waals surface area contributed by atoms with Crippen LogP contribution in [0.5, 0.6) is 0 Å². The molecule has 0 saturated carbocycles. The number of nitrogens with one attached hydrogen (secondary N) is 3. The van der Waals surface area contributed by atoms with E-state index >= 15 is 0 Å². The molecule has 2 heterocycles. The highest BCUT2D eigenvalue weighted by Crippen LogP contribution is 2.22. The molecule has 1 fully saturated rings. The molecule has 0 aliphatic carbocycles. The average Bonchev–Trinajstić information content (AvgIpc) is 3.11. The fourth-order valence-electron chi connectivity index (χ4n) is 3.66. The van der Waals surface area contributed by atoms with Gasteiger partial charge in [0.05, 0.1) is 0 Å².